The number of hydrogen-bond donors (Lipinski definition) is 2. The first-order valence-electron chi connectivity index (χ1n) is 11.4. The molecule has 3 aromatic rings. The number of fused-ring (bicyclic) bond motifs is 1. The summed E-state index contributed by atoms with van der Waals surface area (Å²) in [6.45, 7) is 8.77. The summed E-state index contributed by atoms with van der Waals surface area (Å²) in [5, 5.41) is 12.6. The van der Waals surface area contributed by atoms with E-state index in [1.807, 2.05) is 13.8 Å². The first-order valence-corrected chi connectivity index (χ1v) is 12.2. The molecule has 6 nitrogen and oxygen atoms in total. The molecule has 1 unspecified atom stereocenters. The number of halogens is 5. The van der Waals surface area contributed by atoms with Crippen molar-refractivity contribution in [3.63, 3.8) is 0 Å². The van der Waals surface area contributed by atoms with Gasteiger partial charge in [-0.05, 0) is 31.2 Å². The number of anilines is 1. The van der Waals surface area contributed by atoms with Crippen LogP contribution in [0.5, 0.6) is 0 Å². The smallest absolute Gasteiger partial charge is 0.394 e. The predicted octanol–water partition coefficient (Wildman–Crippen LogP) is 5.81. The summed E-state index contributed by atoms with van der Waals surface area (Å²) < 4.78 is 73.2. The maximum absolute atomic E-state index is 15.9. The lowest BCUT2D eigenvalue weighted by Gasteiger charge is -2.26. The van der Waals surface area contributed by atoms with Crippen LogP contribution < -0.4 is 16.0 Å². The maximum atomic E-state index is 15.9. The summed E-state index contributed by atoms with van der Waals surface area (Å²) in [5.41, 5.74) is 2.01. The fourth-order valence-corrected chi connectivity index (χ4v) is 4.85. The first kappa shape index (κ1) is 28.1. The van der Waals surface area contributed by atoms with Gasteiger partial charge in [0.25, 0.3) is 0 Å². The number of likely N-dealkylation sites (N-methyl/N-ethyl adjacent to an activating group) is 1. The standard InChI is InChI=1S/C23H19F5N6S.C2H6/c1-11(30)35-21-15(8-29)13(3-4-17(21)24)18-16(23(26,27)28)7-14-20(19(18)25)32-10-33-22(14)34(2)12-5-6-31-9-12;1-2/h3-4,7,10,12,31H,1,5-6,9,30H2,2H3;1-2H3. The van der Waals surface area contributed by atoms with E-state index in [1.54, 1.807) is 18.0 Å². The van der Waals surface area contributed by atoms with E-state index in [0.717, 1.165) is 37.5 Å². The minimum atomic E-state index is -5.00. The monoisotopic (exact) mass is 536 g/mol. The Hall–Kier alpha value is -3.43. The third-order valence-electron chi connectivity index (χ3n) is 5.79. The van der Waals surface area contributed by atoms with Crippen LogP contribution in [0.3, 0.4) is 0 Å². The topological polar surface area (TPSA) is 90.9 Å². The molecule has 4 rings (SSSR count). The van der Waals surface area contributed by atoms with E-state index in [-0.39, 0.29) is 32.7 Å². The van der Waals surface area contributed by atoms with Crippen LogP contribution in [0.4, 0.5) is 27.8 Å². The molecule has 3 N–H and O–H groups in total. The minimum absolute atomic E-state index is 0.0450. The van der Waals surface area contributed by atoms with Gasteiger partial charge in [-0.15, -0.1) is 0 Å². The van der Waals surface area contributed by atoms with Gasteiger partial charge in [0.2, 0.25) is 0 Å². The third kappa shape index (κ3) is 5.47. The third-order valence-corrected chi connectivity index (χ3v) is 6.66. The molecule has 1 fully saturated rings. The van der Waals surface area contributed by atoms with Gasteiger partial charge in [0.15, 0.2) is 5.82 Å². The summed E-state index contributed by atoms with van der Waals surface area (Å²) in [7, 11) is 1.68. The second-order valence-corrected chi connectivity index (χ2v) is 9.08. The van der Waals surface area contributed by atoms with Crippen molar-refractivity contribution in [2.45, 2.75) is 37.4 Å². The van der Waals surface area contributed by atoms with Crippen molar-refractivity contribution in [2.24, 2.45) is 5.73 Å². The van der Waals surface area contributed by atoms with Crippen LogP contribution in [0.15, 0.2) is 41.0 Å². The molecule has 1 atom stereocenters. The molecular weight excluding hydrogens is 511 g/mol. The highest BCUT2D eigenvalue weighted by Gasteiger charge is 2.38. The zero-order valence-electron chi connectivity index (χ0n) is 20.4. The van der Waals surface area contributed by atoms with Crippen molar-refractivity contribution >= 4 is 28.5 Å². The van der Waals surface area contributed by atoms with Crippen molar-refractivity contribution in [1.82, 2.24) is 15.3 Å². The van der Waals surface area contributed by atoms with E-state index >= 15 is 4.39 Å². The number of nitriles is 1. The average molecular weight is 537 g/mol. The molecule has 1 aliphatic rings. The molecule has 1 saturated heterocycles. The molecule has 1 aromatic heterocycles. The van der Waals surface area contributed by atoms with Gasteiger partial charge in [0, 0.05) is 36.1 Å². The van der Waals surface area contributed by atoms with Gasteiger partial charge in [0.05, 0.1) is 21.1 Å². The first-order chi connectivity index (χ1) is 17.5. The van der Waals surface area contributed by atoms with Gasteiger partial charge in [-0.1, -0.05) is 32.2 Å². The Morgan fingerprint density at radius 3 is 2.54 bits per heavy atom. The summed E-state index contributed by atoms with van der Waals surface area (Å²) >= 11 is 0.572. The molecule has 0 spiro atoms. The number of hydrogen-bond acceptors (Lipinski definition) is 7. The van der Waals surface area contributed by atoms with Crippen LogP contribution >= 0.6 is 11.8 Å². The predicted molar refractivity (Wildman–Crippen MR) is 135 cm³/mol. The molecule has 1 aliphatic heterocycles. The van der Waals surface area contributed by atoms with E-state index in [2.05, 4.69) is 21.9 Å². The van der Waals surface area contributed by atoms with Gasteiger partial charge in [-0.3, -0.25) is 0 Å². The zero-order chi connectivity index (χ0) is 27.5. The van der Waals surface area contributed by atoms with Crippen LogP contribution in [-0.4, -0.2) is 36.1 Å². The summed E-state index contributed by atoms with van der Waals surface area (Å²) in [4.78, 5) is 9.40. The number of benzene rings is 2. The van der Waals surface area contributed by atoms with Crippen molar-refractivity contribution in [1.29, 1.82) is 5.26 Å². The van der Waals surface area contributed by atoms with Crippen molar-refractivity contribution in [3.8, 4) is 17.2 Å². The van der Waals surface area contributed by atoms with E-state index in [4.69, 9.17) is 5.73 Å². The van der Waals surface area contributed by atoms with Crippen molar-refractivity contribution in [2.75, 3.05) is 25.0 Å². The minimum Gasteiger partial charge on any atom is -0.394 e. The van der Waals surface area contributed by atoms with E-state index in [0.29, 0.717) is 18.3 Å². The molecule has 2 aromatic carbocycles. The van der Waals surface area contributed by atoms with Crippen molar-refractivity contribution in [3.05, 3.63) is 58.9 Å². The highest BCUT2D eigenvalue weighted by Crippen LogP contribution is 2.45. The lowest BCUT2D eigenvalue weighted by Crippen LogP contribution is -2.34. The highest BCUT2D eigenvalue weighted by atomic mass is 32.2. The van der Waals surface area contributed by atoms with E-state index in [1.165, 1.54) is 0 Å². The summed E-state index contributed by atoms with van der Waals surface area (Å²) in [6.07, 6.45) is -3.19. The molecule has 2 heterocycles. The van der Waals surface area contributed by atoms with Gasteiger partial charge in [0.1, 0.15) is 29.5 Å². The number of nitrogens with two attached hydrogens (primary N) is 1. The van der Waals surface area contributed by atoms with Gasteiger partial charge in [-0.25, -0.2) is 18.7 Å². The Bertz CT molecular complexity index is 1360. The maximum Gasteiger partial charge on any atom is 0.417 e. The molecule has 196 valence electrons. The lowest BCUT2D eigenvalue weighted by atomic mass is 9.92. The van der Waals surface area contributed by atoms with E-state index < -0.39 is 40.1 Å². The Morgan fingerprint density at radius 2 is 1.97 bits per heavy atom. The number of nitrogens with one attached hydrogen (secondary N) is 1. The number of aromatic nitrogens is 2. The van der Waals surface area contributed by atoms with Gasteiger partial charge < -0.3 is 16.0 Å². The molecule has 12 heteroatoms. The molecule has 37 heavy (non-hydrogen) atoms. The van der Waals surface area contributed by atoms with Crippen LogP contribution in [0.2, 0.25) is 0 Å². The van der Waals surface area contributed by atoms with Gasteiger partial charge >= 0.3 is 6.18 Å². The quantitative estimate of drug-likeness (QED) is 0.314. The molecule has 0 saturated carbocycles. The normalized spacial score (nSPS) is 15.2. The SMILES string of the molecule is C=C(N)Sc1c(F)ccc(-c2c(C(F)(F)F)cc3c(N(C)C4CCNC4)ncnc3c2F)c1C#N.CC. The summed E-state index contributed by atoms with van der Waals surface area (Å²) in [5.74, 6) is -2.04. The summed E-state index contributed by atoms with van der Waals surface area (Å²) in [6, 6.07) is 4.22. The van der Waals surface area contributed by atoms with Crippen molar-refractivity contribution < 1.29 is 22.0 Å². The zero-order valence-corrected chi connectivity index (χ0v) is 21.2. The second-order valence-electron chi connectivity index (χ2n) is 7.94. The highest BCUT2D eigenvalue weighted by molar-refractivity contribution is 8.03. The molecular formula is C25H25F5N6S. The Kier molecular flexibility index (Phi) is 8.60. The van der Waals surface area contributed by atoms with E-state index in [9.17, 15) is 22.8 Å². The van der Waals surface area contributed by atoms with Crippen LogP contribution in [0.25, 0.3) is 22.0 Å². The van der Waals surface area contributed by atoms with Gasteiger partial charge in [-0.2, -0.15) is 18.4 Å². The fourth-order valence-electron chi connectivity index (χ4n) is 4.17. The fraction of sp³-hybridized carbons (Fsp3) is 0.320. The number of thioether (sulfide) groups is 1. The Balaban J connectivity index is 0.00000186. The van der Waals surface area contributed by atoms with Crippen LogP contribution in [-0.2, 0) is 6.18 Å². The lowest BCUT2D eigenvalue weighted by molar-refractivity contribution is -0.137. The molecule has 0 amide bonds. The molecule has 0 aliphatic carbocycles. The number of rotatable bonds is 5. The largest absolute Gasteiger partial charge is 0.417 e. The number of alkyl halides is 3. The van der Waals surface area contributed by atoms with Crippen LogP contribution in [0, 0.1) is 23.0 Å². The second kappa shape index (κ2) is 11.3. The molecule has 0 radical (unpaired) electrons. The van der Waals surface area contributed by atoms with Crippen LogP contribution in [0.1, 0.15) is 31.4 Å². The Morgan fingerprint density at radius 1 is 1.27 bits per heavy atom. The number of nitrogens with zero attached hydrogens (tertiary/aromatic N) is 4. The Labute approximate surface area is 215 Å². The average Bonchev–Trinajstić information content (AvgIpc) is 3.40. The molecule has 0 bridgehead atoms.